The first-order valence-electron chi connectivity index (χ1n) is 8.23. The molecule has 0 aliphatic heterocycles. The molecule has 1 N–H and O–H groups in total. The van der Waals surface area contributed by atoms with Crippen LogP contribution in [0.3, 0.4) is 0 Å². The molecule has 2 aromatic heterocycles. The largest absolute Gasteiger partial charge is 0.472 e. The molecule has 0 atom stereocenters. The highest BCUT2D eigenvalue weighted by Crippen LogP contribution is 2.41. The zero-order valence-electron chi connectivity index (χ0n) is 13.9. The molecule has 1 amide bonds. The van der Waals surface area contributed by atoms with Crippen molar-refractivity contribution >= 4 is 11.6 Å². The summed E-state index contributed by atoms with van der Waals surface area (Å²) < 4.78 is 7.28. The molecule has 0 bridgehead atoms. The summed E-state index contributed by atoms with van der Waals surface area (Å²) in [5, 5.41) is 3.02. The van der Waals surface area contributed by atoms with Crippen LogP contribution in [-0.2, 0) is 7.05 Å². The van der Waals surface area contributed by atoms with Crippen molar-refractivity contribution < 1.29 is 9.21 Å². The molecule has 0 radical (unpaired) electrons. The van der Waals surface area contributed by atoms with Gasteiger partial charge in [0.15, 0.2) is 0 Å². The summed E-state index contributed by atoms with van der Waals surface area (Å²) in [7, 11) is 2.04. The van der Waals surface area contributed by atoms with E-state index in [2.05, 4.69) is 9.88 Å². The number of rotatable bonds is 4. The summed E-state index contributed by atoms with van der Waals surface area (Å²) in [4.78, 5) is 12.7. The maximum Gasteiger partial charge on any atom is 0.257 e. The number of furan rings is 1. The Hall–Kier alpha value is -2.75. The van der Waals surface area contributed by atoms with Crippen LogP contribution in [0, 0.1) is 6.92 Å². The number of hydrogen-bond donors (Lipinski definition) is 1. The molecular formula is C20H20N2O2. The van der Waals surface area contributed by atoms with Crippen molar-refractivity contribution in [1.29, 1.82) is 0 Å². The Morgan fingerprint density at radius 3 is 2.75 bits per heavy atom. The van der Waals surface area contributed by atoms with Crippen molar-refractivity contribution in [3.8, 4) is 11.1 Å². The van der Waals surface area contributed by atoms with Crippen LogP contribution in [0.5, 0.6) is 0 Å². The number of hydrogen-bond acceptors (Lipinski definition) is 2. The molecule has 1 aliphatic carbocycles. The molecule has 24 heavy (non-hydrogen) atoms. The molecule has 0 saturated heterocycles. The number of nitrogens with one attached hydrogen (secondary N) is 1. The predicted molar refractivity (Wildman–Crippen MR) is 94.2 cm³/mol. The molecular weight excluding hydrogens is 300 g/mol. The molecule has 4 nitrogen and oxygen atoms in total. The fourth-order valence-corrected chi connectivity index (χ4v) is 3.13. The van der Waals surface area contributed by atoms with E-state index in [-0.39, 0.29) is 5.91 Å². The normalized spacial score (nSPS) is 13.9. The number of nitrogens with zero attached hydrogens (tertiary/aromatic N) is 1. The maximum atomic E-state index is 12.7. The van der Waals surface area contributed by atoms with Gasteiger partial charge in [-0.25, -0.2) is 0 Å². The molecule has 3 aromatic rings. The highest BCUT2D eigenvalue weighted by molar-refractivity contribution is 6.05. The molecule has 1 saturated carbocycles. The summed E-state index contributed by atoms with van der Waals surface area (Å²) in [6.07, 6.45) is 5.80. The number of carbonyl (C=O) groups is 1. The summed E-state index contributed by atoms with van der Waals surface area (Å²) in [6, 6.07) is 11.8. The van der Waals surface area contributed by atoms with Crippen molar-refractivity contribution in [3.63, 3.8) is 0 Å². The molecule has 1 aromatic carbocycles. The quantitative estimate of drug-likeness (QED) is 0.756. The summed E-state index contributed by atoms with van der Waals surface area (Å²) >= 11 is 0. The highest BCUT2D eigenvalue weighted by atomic mass is 16.3. The van der Waals surface area contributed by atoms with Crippen LogP contribution >= 0.6 is 0 Å². The molecule has 1 aliphatic rings. The van der Waals surface area contributed by atoms with Gasteiger partial charge in [-0.15, -0.1) is 0 Å². The van der Waals surface area contributed by atoms with Crippen LogP contribution in [0.1, 0.15) is 40.5 Å². The number of carbonyl (C=O) groups excluding carboxylic acids is 1. The van der Waals surface area contributed by atoms with E-state index in [1.807, 2.05) is 50.4 Å². The first-order valence-corrected chi connectivity index (χ1v) is 8.23. The zero-order chi connectivity index (χ0) is 16.7. The minimum Gasteiger partial charge on any atom is -0.472 e. The maximum absolute atomic E-state index is 12.7. The number of anilines is 1. The Kier molecular flexibility index (Phi) is 3.53. The SMILES string of the molecule is Cc1c(C(=O)Nc2cccc(-c3ccoc3)c2)cc(C2CC2)n1C. The Balaban J connectivity index is 1.58. The Bertz CT molecular complexity index is 887. The second-order valence-corrected chi connectivity index (χ2v) is 6.45. The second-order valence-electron chi connectivity index (χ2n) is 6.45. The number of aromatic nitrogens is 1. The van der Waals surface area contributed by atoms with Gasteiger partial charge >= 0.3 is 0 Å². The highest BCUT2D eigenvalue weighted by Gasteiger charge is 2.28. The van der Waals surface area contributed by atoms with Gasteiger partial charge in [-0.2, -0.15) is 0 Å². The molecule has 0 unspecified atom stereocenters. The van der Waals surface area contributed by atoms with Crippen LogP contribution in [0.25, 0.3) is 11.1 Å². The third-order valence-corrected chi connectivity index (χ3v) is 4.79. The fourth-order valence-electron chi connectivity index (χ4n) is 3.13. The zero-order valence-corrected chi connectivity index (χ0v) is 13.9. The first kappa shape index (κ1) is 14.8. The standard InChI is InChI=1S/C20H20N2O2/c1-13-18(11-19(22(13)2)14-6-7-14)20(23)21-17-5-3-4-15(10-17)16-8-9-24-12-16/h3-5,8-12,14H,6-7H2,1-2H3,(H,21,23). The number of benzene rings is 1. The van der Waals surface area contributed by atoms with Gasteiger partial charge in [-0.1, -0.05) is 12.1 Å². The van der Waals surface area contributed by atoms with Gasteiger partial charge in [0.25, 0.3) is 5.91 Å². The smallest absolute Gasteiger partial charge is 0.257 e. The van der Waals surface area contributed by atoms with Gasteiger partial charge in [0, 0.05) is 29.7 Å². The predicted octanol–water partition coefficient (Wildman–Crippen LogP) is 4.72. The second kappa shape index (κ2) is 5.71. The van der Waals surface area contributed by atoms with E-state index in [9.17, 15) is 4.79 Å². The lowest BCUT2D eigenvalue weighted by molar-refractivity contribution is 0.102. The van der Waals surface area contributed by atoms with Crippen LogP contribution < -0.4 is 5.32 Å². The van der Waals surface area contributed by atoms with Crippen molar-refractivity contribution in [3.05, 3.63) is 65.9 Å². The molecule has 2 heterocycles. The van der Waals surface area contributed by atoms with Crippen LogP contribution in [0.15, 0.2) is 53.3 Å². The molecule has 122 valence electrons. The van der Waals surface area contributed by atoms with E-state index in [0.717, 1.165) is 28.1 Å². The van der Waals surface area contributed by atoms with E-state index in [1.54, 1.807) is 12.5 Å². The lowest BCUT2D eigenvalue weighted by Gasteiger charge is -2.07. The van der Waals surface area contributed by atoms with Crippen molar-refractivity contribution in [1.82, 2.24) is 4.57 Å². The molecule has 0 spiro atoms. The topological polar surface area (TPSA) is 47.2 Å². The van der Waals surface area contributed by atoms with Gasteiger partial charge in [-0.3, -0.25) is 4.79 Å². The van der Waals surface area contributed by atoms with Gasteiger partial charge in [0.2, 0.25) is 0 Å². The van der Waals surface area contributed by atoms with E-state index in [0.29, 0.717) is 5.92 Å². The van der Waals surface area contributed by atoms with Gasteiger partial charge < -0.3 is 14.3 Å². The van der Waals surface area contributed by atoms with Crippen molar-refractivity contribution in [2.24, 2.45) is 7.05 Å². The lowest BCUT2D eigenvalue weighted by atomic mass is 10.1. The van der Waals surface area contributed by atoms with Gasteiger partial charge in [0.05, 0.1) is 18.1 Å². The van der Waals surface area contributed by atoms with Crippen molar-refractivity contribution in [2.45, 2.75) is 25.7 Å². The summed E-state index contributed by atoms with van der Waals surface area (Å²) in [6.45, 7) is 2.00. The monoisotopic (exact) mass is 320 g/mol. The Morgan fingerprint density at radius 1 is 1.21 bits per heavy atom. The molecule has 1 fully saturated rings. The van der Waals surface area contributed by atoms with E-state index >= 15 is 0 Å². The van der Waals surface area contributed by atoms with Gasteiger partial charge in [0.1, 0.15) is 0 Å². The van der Waals surface area contributed by atoms with E-state index in [4.69, 9.17) is 4.42 Å². The average molecular weight is 320 g/mol. The Morgan fingerprint density at radius 2 is 2.04 bits per heavy atom. The first-order chi connectivity index (χ1) is 11.6. The van der Waals surface area contributed by atoms with E-state index < -0.39 is 0 Å². The summed E-state index contributed by atoms with van der Waals surface area (Å²) in [5.74, 6) is 0.569. The fraction of sp³-hybridized carbons (Fsp3) is 0.250. The van der Waals surface area contributed by atoms with Crippen molar-refractivity contribution in [2.75, 3.05) is 5.32 Å². The van der Waals surface area contributed by atoms with Gasteiger partial charge in [-0.05, 0) is 55.5 Å². The average Bonchev–Trinajstić information content (AvgIpc) is 3.17. The third-order valence-electron chi connectivity index (χ3n) is 4.79. The minimum absolute atomic E-state index is 0.0562. The Labute approximate surface area is 141 Å². The molecule has 4 heteroatoms. The summed E-state index contributed by atoms with van der Waals surface area (Å²) in [5.41, 5.74) is 5.84. The van der Waals surface area contributed by atoms with Crippen LogP contribution in [0.4, 0.5) is 5.69 Å². The number of amides is 1. The lowest BCUT2D eigenvalue weighted by Crippen LogP contribution is -2.12. The third kappa shape index (κ3) is 2.64. The van der Waals surface area contributed by atoms with Crippen LogP contribution in [-0.4, -0.2) is 10.5 Å². The van der Waals surface area contributed by atoms with Crippen LogP contribution in [0.2, 0.25) is 0 Å². The van der Waals surface area contributed by atoms with E-state index in [1.165, 1.54) is 18.5 Å². The molecule has 4 rings (SSSR count). The minimum atomic E-state index is -0.0562.